The van der Waals surface area contributed by atoms with Crippen LogP contribution in [0.15, 0.2) is 12.4 Å². The molecular weight excluding hydrogens is 256 g/mol. The summed E-state index contributed by atoms with van der Waals surface area (Å²) >= 11 is 0. The summed E-state index contributed by atoms with van der Waals surface area (Å²) < 4.78 is 1.81. The van der Waals surface area contributed by atoms with Crippen molar-refractivity contribution in [2.24, 2.45) is 5.41 Å². The lowest BCUT2D eigenvalue weighted by Crippen LogP contribution is -2.61. The Morgan fingerprint density at radius 1 is 1.40 bits per heavy atom. The number of aromatic nitrogens is 2. The topological polar surface area (TPSA) is 67.2 Å². The molecule has 1 aromatic heterocycles. The molecule has 1 N–H and O–H groups in total. The van der Waals surface area contributed by atoms with Crippen molar-refractivity contribution in [2.45, 2.75) is 46.8 Å². The highest BCUT2D eigenvalue weighted by molar-refractivity contribution is 5.95. The molecule has 1 fully saturated rings. The van der Waals surface area contributed by atoms with Gasteiger partial charge in [-0.3, -0.25) is 14.3 Å². The van der Waals surface area contributed by atoms with Gasteiger partial charge in [0.1, 0.15) is 6.04 Å². The van der Waals surface area contributed by atoms with Gasteiger partial charge in [-0.05, 0) is 12.3 Å². The predicted molar refractivity (Wildman–Crippen MR) is 74.7 cm³/mol. The highest BCUT2D eigenvalue weighted by atomic mass is 16.2. The van der Waals surface area contributed by atoms with Gasteiger partial charge in [-0.15, -0.1) is 0 Å². The first kappa shape index (κ1) is 14.6. The van der Waals surface area contributed by atoms with Crippen molar-refractivity contribution >= 4 is 11.8 Å². The fourth-order valence-electron chi connectivity index (χ4n) is 2.30. The van der Waals surface area contributed by atoms with Gasteiger partial charge in [0.15, 0.2) is 0 Å². The molecule has 0 saturated carbocycles. The Morgan fingerprint density at radius 3 is 2.65 bits per heavy atom. The maximum atomic E-state index is 12.5. The van der Waals surface area contributed by atoms with Crippen molar-refractivity contribution in [3.05, 3.63) is 18.0 Å². The number of hydrogen-bond donors (Lipinski definition) is 1. The number of rotatable bonds is 3. The Labute approximate surface area is 119 Å². The number of carbonyl (C=O) groups excluding carboxylic acids is 2. The summed E-state index contributed by atoms with van der Waals surface area (Å²) in [6.07, 6.45) is 3.65. The lowest BCUT2D eigenvalue weighted by molar-refractivity contribution is -0.147. The van der Waals surface area contributed by atoms with Crippen LogP contribution in [0.4, 0.5) is 0 Å². The first-order valence-electron chi connectivity index (χ1n) is 6.90. The summed E-state index contributed by atoms with van der Waals surface area (Å²) in [4.78, 5) is 25.9. The van der Waals surface area contributed by atoms with E-state index in [1.54, 1.807) is 11.1 Å². The molecule has 0 aromatic carbocycles. The van der Waals surface area contributed by atoms with Gasteiger partial charge in [-0.2, -0.15) is 5.10 Å². The first-order valence-corrected chi connectivity index (χ1v) is 6.90. The summed E-state index contributed by atoms with van der Waals surface area (Å²) in [5.41, 5.74) is 0.654. The maximum absolute atomic E-state index is 12.5. The molecule has 0 radical (unpaired) electrons. The van der Waals surface area contributed by atoms with Crippen molar-refractivity contribution in [1.82, 2.24) is 20.0 Å². The van der Waals surface area contributed by atoms with Gasteiger partial charge in [0, 0.05) is 24.8 Å². The summed E-state index contributed by atoms with van der Waals surface area (Å²) in [5.74, 6) is -0.131. The molecule has 1 aromatic rings. The van der Waals surface area contributed by atoms with E-state index < -0.39 is 6.04 Å². The van der Waals surface area contributed by atoms with Gasteiger partial charge < -0.3 is 10.2 Å². The summed E-state index contributed by atoms with van der Waals surface area (Å²) in [7, 11) is 0. The summed E-state index contributed by atoms with van der Waals surface area (Å²) in [6, 6.07) is -0.468. The third-order valence-electron chi connectivity index (χ3n) is 3.45. The molecule has 1 aliphatic heterocycles. The SMILES string of the molecule is CCn1cc(CN2CC(=O)NC(C(C)(C)C)C2=O)cn1. The van der Waals surface area contributed by atoms with E-state index in [1.807, 2.05) is 38.6 Å². The van der Waals surface area contributed by atoms with Crippen LogP contribution in [0.2, 0.25) is 0 Å². The highest BCUT2D eigenvalue weighted by Crippen LogP contribution is 2.24. The van der Waals surface area contributed by atoms with E-state index in [9.17, 15) is 9.59 Å². The van der Waals surface area contributed by atoms with Crippen molar-refractivity contribution in [3.8, 4) is 0 Å². The molecule has 2 rings (SSSR count). The number of piperazine rings is 1. The van der Waals surface area contributed by atoms with Gasteiger partial charge in [0.2, 0.25) is 11.8 Å². The third kappa shape index (κ3) is 3.00. The van der Waals surface area contributed by atoms with Crippen molar-refractivity contribution in [2.75, 3.05) is 6.54 Å². The van der Waals surface area contributed by atoms with Crippen LogP contribution < -0.4 is 5.32 Å². The largest absolute Gasteiger partial charge is 0.342 e. The molecule has 2 amide bonds. The number of carbonyl (C=O) groups is 2. The van der Waals surface area contributed by atoms with E-state index in [0.29, 0.717) is 6.54 Å². The van der Waals surface area contributed by atoms with Crippen LogP contribution in [-0.2, 0) is 22.7 Å². The minimum absolute atomic E-state index is 0.0265. The maximum Gasteiger partial charge on any atom is 0.246 e. The number of amides is 2. The highest BCUT2D eigenvalue weighted by Gasteiger charge is 2.39. The van der Waals surface area contributed by atoms with Crippen molar-refractivity contribution < 1.29 is 9.59 Å². The Balaban J connectivity index is 2.14. The number of hydrogen-bond acceptors (Lipinski definition) is 3. The van der Waals surface area contributed by atoms with Gasteiger partial charge in [0.05, 0.1) is 12.7 Å². The Hall–Kier alpha value is -1.85. The first-order chi connectivity index (χ1) is 9.31. The lowest BCUT2D eigenvalue weighted by atomic mass is 9.84. The zero-order chi connectivity index (χ0) is 14.9. The molecule has 6 heteroatoms. The quantitative estimate of drug-likeness (QED) is 0.888. The smallest absolute Gasteiger partial charge is 0.246 e. The van der Waals surface area contributed by atoms with Gasteiger partial charge in [-0.1, -0.05) is 20.8 Å². The van der Waals surface area contributed by atoms with Crippen LogP contribution >= 0.6 is 0 Å². The van der Waals surface area contributed by atoms with Gasteiger partial charge in [-0.25, -0.2) is 0 Å². The average Bonchev–Trinajstić information content (AvgIpc) is 2.79. The van der Waals surface area contributed by atoms with Crippen LogP contribution in [0.3, 0.4) is 0 Å². The second-order valence-corrected chi connectivity index (χ2v) is 6.27. The fourth-order valence-corrected chi connectivity index (χ4v) is 2.30. The standard InChI is InChI=1S/C14H22N4O2/c1-5-18-8-10(6-15-18)7-17-9-11(19)16-12(13(17)20)14(2,3)4/h6,8,12H,5,7,9H2,1-4H3,(H,16,19). The van der Waals surface area contributed by atoms with Crippen molar-refractivity contribution in [1.29, 1.82) is 0 Å². The minimum Gasteiger partial charge on any atom is -0.342 e. The van der Waals surface area contributed by atoms with Crippen LogP contribution in [0.5, 0.6) is 0 Å². The Bertz CT molecular complexity index is 515. The zero-order valence-corrected chi connectivity index (χ0v) is 12.5. The zero-order valence-electron chi connectivity index (χ0n) is 12.5. The number of aryl methyl sites for hydroxylation is 1. The molecule has 2 heterocycles. The van der Waals surface area contributed by atoms with Crippen molar-refractivity contribution in [3.63, 3.8) is 0 Å². The van der Waals surface area contributed by atoms with Crippen LogP contribution in [0.1, 0.15) is 33.3 Å². The Kier molecular flexibility index (Phi) is 3.83. The molecule has 1 aliphatic rings. The second-order valence-electron chi connectivity index (χ2n) is 6.27. The molecule has 110 valence electrons. The van der Waals surface area contributed by atoms with E-state index in [1.165, 1.54) is 0 Å². The van der Waals surface area contributed by atoms with E-state index in [0.717, 1.165) is 12.1 Å². The molecule has 1 atom stereocenters. The fraction of sp³-hybridized carbons (Fsp3) is 0.643. The molecular formula is C14H22N4O2. The van der Waals surface area contributed by atoms with Gasteiger partial charge in [0.25, 0.3) is 0 Å². The third-order valence-corrected chi connectivity index (χ3v) is 3.45. The Morgan fingerprint density at radius 2 is 2.10 bits per heavy atom. The van der Waals surface area contributed by atoms with Crippen LogP contribution in [0.25, 0.3) is 0 Å². The summed E-state index contributed by atoms with van der Waals surface area (Å²) in [5, 5.41) is 6.98. The van der Waals surface area contributed by atoms with Crippen LogP contribution in [0, 0.1) is 5.41 Å². The second kappa shape index (κ2) is 5.26. The molecule has 1 unspecified atom stereocenters. The average molecular weight is 278 g/mol. The molecule has 1 saturated heterocycles. The van der Waals surface area contributed by atoms with E-state index in [-0.39, 0.29) is 23.8 Å². The van der Waals surface area contributed by atoms with Gasteiger partial charge >= 0.3 is 0 Å². The monoisotopic (exact) mass is 278 g/mol. The number of nitrogens with zero attached hydrogens (tertiary/aromatic N) is 3. The van der Waals surface area contributed by atoms with E-state index >= 15 is 0 Å². The predicted octanol–water partition coefficient (Wildman–Crippen LogP) is 0.776. The lowest BCUT2D eigenvalue weighted by Gasteiger charge is -2.38. The van der Waals surface area contributed by atoms with E-state index in [4.69, 9.17) is 0 Å². The molecule has 0 spiro atoms. The molecule has 0 bridgehead atoms. The minimum atomic E-state index is -0.468. The molecule has 0 aliphatic carbocycles. The van der Waals surface area contributed by atoms with E-state index in [2.05, 4.69) is 10.4 Å². The molecule has 6 nitrogen and oxygen atoms in total. The normalized spacial score (nSPS) is 20.2. The number of nitrogens with one attached hydrogen (secondary N) is 1. The molecule has 20 heavy (non-hydrogen) atoms. The van der Waals surface area contributed by atoms with Crippen LogP contribution in [-0.4, -0.2) is 39.1 Å². The summed E-state index contributed by atoms with van der Waals surface area (Å²) in [6.45, 7) is 9.20.